The Kier molecular flexibility index (Phi) is 7.96. The Morgan fingerprint density at radius 3 is 2.45 bits per heavy atom. The normalized spacial score (nSPS) is 10.9. The van der Waals surface area contributed by atoms with E-state index in [1.807, 2.05) is 0 Å². The van der Waals surface area contributed by atoms with Gasteiger partial charge in [-0.2, -0.15) is 0 Å². The van der Waals surface area contributed by atoms with Crippen molar-refractivity contribution in [1.82, 2.24) is 4.90 Å². The molecular formula is C9H21NO. The summed E-state index contributed by atoms with van der Waals surface area (Å²) in [5.41, 5.74) is 0. The monoisotopic (exact) mass is 159 g/mol. The lowest BCUT2D eigenvalue weighted by Gasteiger charge is -2.13. The zero-order valence-electron chi connectivity index (χ0n) is 8.10. The molecule has 0 aromatic carbocycles. The van der Waals surface area contributed by atoms with Gasteiger partial charge in [0.1, 0.15) is 0 Å². The van der Waals surface area contributed by atoms with E-state index in [0.29, 0.717) is 0 Å². The van der Waals surface area contributed by atoms with Gasteiger partial charge in [-0.25, -0.2) is 0 Å². The first kappa shape index (κ1) is 10.9. The number of rotatable bonds is 7. The van der Waals surface area contributed by atoms with Crippen LogP contribution in [0.5, 0.6) is 0 Å². The molecule has 0 radical (unpaired) electrons. The molecule has 0 bridgehead atoms. The van der Waals surface area contributed by atoms with Crippen LogP contribution in [0.3, 0.4) is 0 Å². The predicted octanol–water partition coefficient (Wildman–Crippen LogP) is 2.10. The van der Waals surface area contributed by atoms with Gasteiger partial charge in [0.15, 0.2) is 0 Å². The standard InChI is InChI=1S/C9H21NO/c1-4-6-7-8-11-9-10(3)5-2/h4-9H2,1-3H3. The SMILES string of the molecule is CCCCCOCN(C)CC. The third-order valence-electron chi connectivity index (χ3n) is 1.74. The van der Waals surface area contributed by atoms with Gasteiger partial charge in [0.2, 0.25) is 0 Å². The molecule has 0 aliphatic heterocycles. The molecule has 0 saturated carbocycles. The highest BCUT2D eigenvalue weighted by Gasteiger charge is 1.92. The predicted molar refractivity (Wildman–Crippen MR) is 48.6 cm³/mol. The maximum atomic E-state index is 5.41. The molecule has 0 N–H and O–H groups in total. The lowest BCUT2D eigenvalue weighted by molar-refractivity contribution is 0.0437. The average Bonchev–Trinajstić information content (AvgIpc) is 2.04. The van der Waals surface area contributed by atoms with Gasteiger partial charge in [-0.15, -0.1) is 0 Å². The number of nitrogens with zero attached hydrogens (tertiary/aromatic N) is 1. The summed E-state index contributed by atoms with van der Waals surface area (Å²) in [5.74, 6) is 0. The molecule has 2 nitrogen and oxygen atoms in total. The first-order valence-electron chi connectivity index (χ1n) is 4.57. The average molecular weight is 159 g/mol. The van der Waals surface area contributed by atoms with Crippen LogP contribution < -0.4 is 0 Å². The van der Waals surface area contributed by atoms with Crippen molar-refractivity contribution < 1.29 is 4.74 Å². The first-order valence-corrected chi connectivity index (χ1v) is 4.57. The van der Waals surface area contributed by atoms with Crippen LogP contribution >= 0.6 is 0 Å². The van der Waals surface area contributed by atoms with Gasteiger partial charge in [0.05, 0.1) is 6.73 Å². The quantitative estimate of drug-likeness (QED) is 0.416. The molecular weight excluding hydrogens is 138 g/mol. The number of ether oxygens (including phenoxy) is 1. The van der Waals surface area contributed by atoms with E-state index in [2.05, 4.69) is 25.8 Å². The molecule has 0 aliphatic rings. The van der Waals surface area contributed by atoms with E-state index in [4.69, 9.17) is 4.74 Å². The smallest absolute Gasteiger partial charge is 0.0987 e. The van der Waals surface area contributed by atoms with E-state index in [1.54, 1.807) is 0 Å². The fourth-order valence-electron chi connectivity index (χ4n) is 0.766. The van der Waals surface area contributed by atoms with Gasteiger partial charge in [-0.05, 0) is 20.0 Å². The van der Waals surface area contributed by atoms with Crippen LogP contribution in [0.25, 0.3) is 0 Å². The molecule has 2 heteroatoms. The van der Waals surface area contributed by atoms with Gasteiger partial charge in [-0.3, -0.25) is 4.90 Å². The molecule has 0 rings (SSSR count). The van der Waals surface area contributed by atoms with Crippen LogP contribution in [0, 0.1) is 0 Å². The van der Waals surface area contributed by atoms with Crippen LogP contribution in [-0.2, 0) is 4.74 Å². The Bertz CT molecular complexity index is 76.0. The second-order valence-corrected chi connectivity index (χ2v) is 2.92. The minimum absolute atomic E-state index is 0.778. The Balaban J connectivity index is 2.89. The fourth-order valence-corrected chi connectivity index (χ4v) is 0.766. The van der Waals surface area contributed by atoms with Crippen molar-refractivity contribution in [3.63, 3.8) is 0 Å². The van der Waals surface area contributed by atoms with E-state index in [9.17, 15) is 0 Å². The zero-order valence-corrected chi connectivity index (χ0v) is 8.10. The summed E-state index contributed by atoms with van der Waals surface area (Å²) >= 11 is 0. The van der Waals surface area contributed by atoms with Crippen molar-refractivity contribution in [3.8, 4) is 0 Å². The second-order valence-electron chi connectivity index (χ2n) is 2.92. The molecule has 11 heavy (non-hydrogen) atoms. The first-order chi connectivity index (χ1) is 5.31. The van der Waals surface area contributed by atoms with Crippen LogP contribution in [0.15, 0.2) is 0 Å². The highest BCUT2D eigenvalue weighted by molar-refractivity contribution is 4.38. The Labute approximate surface area is 70.5 Å². The lowest BCUT2D eigenvalue weighted by Crippen LogP contribution is -2.21. The summed E-state index contributed by atoms with van der Waals surface area (Å²) in [6.07, 6.45) is 3.76. The lowest BCUT2D eigenvalue weighted by atomic mass is 10.3. The molecule has 0 atom stereocenters. The van der Waals surface area contributed by atoms with Crippen molar-refractivity contribution in [2.75, 3.05) is 26.9 Å². The van der Waals surface area contributed by atoms with E-state index < -0.39 is 0 Å². The van der Waals surface area contributed by atoms with Gasteiger partial charge in [0, 0.05) is 6.61 Å². The van der Waals surface area contributed by atoms with Crippen molar-refractivity contribution >= 4 is 0 Å². The summed E-state index contributed by atoms with van der Waals surface area (Å²) in [6, 6.07) is 0. The molecule has 0 spiro atoms. The maximum absolute atomic E-state index is 5.41. The zero-order chi connectivity index (χ0) is 8.53. The van der Waals surface area contributed by atoms with Gasteiger partial charge in [0.25, 0.3) is 0 Å². The molecule has 68 valence electrons. The van der Waals surface area contributed by atoms with Crippen LogP contribution in [-0.4, -0.2) is 31.8 Å². The molecule has 0 aromatic heterocycles. The minimum atomic E-state index is 0.778. The van der Waals surface area contributed by atoms with Crippen molar-refractivity contribution in [2.24, 2.45) is 0 Å². The second kappa shape index (κ2) is 8.02. The van der Waals surface area contributed by atoms with E-state index in [0.717, 1.165) is 19.9 Å². The number of unbranched alkanes of at least 4 members (excludes halogenated alkanes) is 2. The molecule has 0 aromatic rings. The number of hydrogen-bond acceptors (Lipinski definition) is 2. The fraction of sp³-hybridized carbons (Fsp3) is 1.00. The minimum Gasteiger partial charge on any atom is -0.366 e. The summed E-state index contributed by atoms with van der Waals surface area (Å²) < 4.78 is 5.41. The number of hydrogen-bond donors (Lipinski definition) is 0. The Hall–Kier alpha value is -0.0800. The summed E-state index contributed by atoms with van der Waals surface area (Å²) in [7, 11) is 2.07. The molecule has 0 fully saturated rings. The van der Waals surface area contributed by atoms with E-state index in [-0.39, 0.29) is 0 Å². The Morgan fingerprint density at radius 1 is 1.18 bits per heavy atom. The molecule has 0 saturated heterocycles. The van der Waals surface area contributed by atoms with Gasteiger partial charge >= 0.3 is 0 Å². The summed E-state index contributed by atoms with van der Waals surface area (Å²) in [5, 5.41) is 0. The Morgan fingerprint density at radius 2 is 1.91 bits per heavy atom. The van der Waals surface area contributed by atoms with Crippen LogP contribution in [0.4, 0.5) is 0 Å². The molecule has 0 amide bonds. The van der Waals surface area contributed by atoms with Crippen molar-refractivity contribution in [3.05, 3.63) is 0 Å². The van der Waals surface area contributed by atoms with Crippen LogP contribution in [0.2, 0.25) is 0 Å². The summed E-state index contributed by atoms with van der Waals surface area (Å²) in [4.78, 5) is 2.16. The summed E-state index contributed by atoms with van der Waals surface area (Å²) in [6.45, 7) is 7.10. The highest BCUT2D eigenvalue weighted by Crippen LogP contribution is 1.94. The van der Waals surface area contributed by atoms with Crippen molar-refractivity contribution in [1.29, 1.82) is 0 Å². The molecule has 0 aliphatic carbocycles. The van der Waals surface area contributed by atoms with E-state index in [1.165, 1.54) is 19.3 Å². The van der Waals surface area contributed by atoms with Gasteiger partial charge in [-0.1, -0.05) is 26.7 Å². The molecule has 0 heterocycles. The topological polar surface area (TPSA) is 12.5 Å². The highest BCUT2D eigenvalue weighted by atomic mass is 16.5. The third-order valence-corrected chi connectivity index (χ3v) is 1.74. The van der Waals surface area contributed by atoms with E-state index >= 15 is 0 Å². The van der Waals surface area contributed by atoms with Crippen molar-refractivity contribution in [2.45, 2.75) is 33.1 Å². The molecule has 0 unspecified atom stereocenters. The third kappa shape index (κ3) is 7.82. The van der Waals surface area contributed by atoms with Crippen LogP contribution in [0.1, 0.15) is 33.1 Å². The largest absolute Gasteiger partial charge is 0.366 e. The maximum Gasteiger partial charge on any atom is 0.0987 e. The van der Waals surface area contributed by atoms with Gasteiger partial charge < -0.3 is 4.74 Å².